The van der Waals surface area contributed by atoms with Crippen LogP contribution in [0.25, 0.3) is 0 Å². The van der Waals surface area contributed by atoms with Crippen LogP contribution in [0.2, 0.25) is 0 Å². The van der Waals surface area contributed by atoms with Gasteiger partial charge in [0.15, 0.2) is 0 Å². The Morgan fingerprint density at radius 2 is 2.17 bits per heavy atom. The molecule has 1 saturated heterocycles. The van der Waals surface area contributed by atoms with Crippen molar-refractivity contribution in [1.82, 2.24) is 4.90 Å². The zero-order chi connectivity index (χ0) is 12.4. The van der Waals surface area contributed by atoms with Crippen LogP contribution in [-0.2, 0) is 0 Å². The van der Waals surface area contributed by atoms with Crippen LogP contribution >= 0.6 is 11.8 Å². The van der Waals surface area contributed by atoms with Crippen LogP contribution in [0.4, 0.5) is 0 Å². The summed E-state index contributed by atoms with van der Waals surface area (Å²) < 4.78 is 0. The van der Waals surface area contributed by atoms with Gasteiger partial charge in [-0.25, -0.2) is 0 Å². The Kier molecular flexibility index (Phi) is 3.59. The minimum absolute atomic E-state index is 0.367. The fourth-order valence-electron chi connectivity index (χ4n) is 2.75. The molecule has 0 radical (unpaired) electrons. The second kappa shape index (κ2) is 5.35. The van der Waals surface area contributed by atoms with Crippen molar-refractivity contribution in [3.8, 4) is 0 Å². The number of amidine groups is 1. The average Bonchev–Trinajstić information content (AvgIpc) is 2.98. The zero-order valence-corrected chi connectivity index (χ0v) is 11.7. The summed E-state index contributed by atoms with van der Waals surface area (Å²) in [6.45, 7) is 4.54. The van der Waals surface area contributed by atoms with Crippen molar-refractivity contribution in [3.05, 3.63) is 35.9 Å². The van der Waals surface area contributed by atoms with Crippen molar-refractivity contribution in [2.45, 2.75) is 31.1 Å². The second-order valence-corrected chi connectivity index (χ2v) is 6.32. The number of hydrogen-bond acceptors (Lipinski definition) is 3. The molecule has 18 heavy (non-hydrogen) atoms. The van der Waals surface area contributed by atoms with E-state index in [1.54, 1.807) is 0 Å². The predicted molar refractivity (Wildman–Crippen MR) is 79.3 cm³/mol. The van der Waals surface area contributed by atoms with Gasteiger partial charge in [-0.15, -0.1) is 0 Å². The van der Waals surface area contributed by atoms with Gasteiger partial charge in [0.2, 0.25) is 0 Å². The quantitative estimate of drug-likeness (QED) is 0.825. The lowest BCUT2D eigenvalue weighted by Gasteiger charge is -2.13. The maximum Gasteiger partial charge on any atom is 0.113 e. The van der Waals surface area contributed by atoms with E-state index in [9.17, 15) is 0 Å². The standard InChI is InChI=1S/C15H20N2S/c1-2-10-18-14-8-9-17-11-13(16-15(14)17)12-6-4-3-5-7-12/h3-7,13-14H,2,8-11H2,1H3. The van der Waals surface area contributed by atoms with E-state index in [0.29, 0.717) is 11.3 Å². The van der Waals surface area contributed by atoms with Gasteiger partial charge in [-0.2, -0.15) is 11.8 Å². The molecule has 1 aromatic rings. The summed E-state index contributed by atoms with van der Waals surface area (Å²) in [4.78, 5) is 7.47. The van der Waals surface area contributed by atoms with E-state index in [-0.39, 0.29) is 0 Å². The SMILES string of the molecule is CCCSC1CCN2CC(c3ccccc3)N=C12. The van der Waals surface area contributed by atoms with Gasteiger partial charge in [0.05, 0.1) is 11.3 Å². The van der Waals surface area contributed by atoms with Crippen LogP contribution in [0, 0.1) is 0 Å². The first kappa shape index (κ1) is 12.1. The highest BCUT2D eigenvalue weighted by atomic mass is 32.2. The Labute approximate surface area is 113 Å². The first-order valence-electron chi connectivity index (χ1n) is 6.87. The third-order valence-electron chi connectivity index (χ3n) is 3.66. The minimum Gasteiger partial charge on any atom is -0.357 e. The molecule has 3 rings (SSSR count). The van der Waals surface area contributed by atoms with Crippen molar-refractivity contribution in [2.75, 3.05) is 18.8 Å². The summed E-state index contributed by atoms with van der Waals surface area (Å²) in [5.74, 6) is 2.62. The summed E-state index contributed by atoms with van der Waals surface area (Å²) in [5, 5.41) is 0.652. The molecule has 0 amide bonds. The van der Waals surface area contributed by atoms with Crippen molar-refractivity contribution in [2.24, 2.45) is 4.99 Å². The lowest BCUT2D eigenvalue weighted by Crippen LogP contribution is -2.25. The van der Waals surface area contributed by atoms with Crippen LogP contribution in [0.1, 0.15) is 31.4 Å². The summed E-state index contributed by atoms with van der Waals surface area (Å²) in [5.41, 5.74) is 1.36. The molecule has 0 spiro atoms. The van der Waals surface area contributed by atoms with Gasteiger partial charge in [0.1, 0.15) is 5.84 Å². The molecule has 1 fully saturated rings. The van der Waals surface area contributed by atoms with Gasteiger partial charge in [0.25, 0.3) is 0 Å². The molecule has 3 heteroatoms. The van der Waals surface area contributed by atoms with E-state index in [2.05, 4.69) is 53.9 Å². The number of thioether (sulfide) groups is 1. The van der Waals surface area contributed by atoms with Crippen molar-refractivity contribution >= 4 is 17.6 Å². The minimum atomic E-state index is 0.367. The van der Waals surface area contributed by atoms with Crippen LogP contribution in [0.3, 0.4) is 0 Å². The Morgan fingerprint density at radius 3 is 2.94 bits per heavy atom. The highest BCUT2D eigenvalue weighted by Gasteiger charge is 2.36. The van der Waals surface area contributed by atoms with Crippen LogP contribution in [0.15, 0.2) is 35.3 Å². The number of benzene rings is 1. The summed E-state index contributed by atoms with van der Waals surface area (Å²) in [6, 6.07) is 11.1. The molecule has 2 aliphatic heterocycles. The lowest BCUT2D eigenvalue weighted by atomic mass is 10.1. The average molecular weight is 260 g/mol. The number of nitrogens with zero attached hydrogens (tertiary/aromatic N) is 2. The van der Waals surface area contributed by atoms with E-state index in [1.807, 2.05) is 0 Å². The highest BCUT2D eigenvalue weighted by molar-refractivity contribution is 8.00. The molecule has 2 unspecified atom stereocenters. The van der Waals surface area contributed by atoms with Crippen molar-refractivity contribution in [1.29, 1.82) is 0 Å². The number of aliphatic imine (C=N–C) groups is 1. The Bertz CT molecular complexity index is 429. The lowest BCUT2D eigenvalue weighted by molar-refractivity contribution is 0.454. The van der Waals surface area contributed by atoms with Gasteiger partial charge >= 0.3 is 0 Å². The van der Waals surface area contributed by atoms with Crippen LogP contribution in [0.5, 0.6) is 0 Å². The molecule has 0 bridgehead atoms. The van der Waals surface area contributed by atoms with E-state index in [4.69, 9.17) is 4.99 Å². The molecule has 0 aromatic heterocycles. The van der Waals surface area contributed by atoms with Crippen LogP contribution in [-0.4, -0.2) is 34.8 Å². The van der Waals surface area contributed by atoms with Gasteiger partial charge in [-0.05, 0) is 24.2 Å². The second-order valence-electron chi connectivity index (χ2n) is 5.01. The fraction of sp³-hybridized carbons (Fsp3) is 0.533. The third-order valence-corrected chi connectivity index (χ3v) is 5.15. The van der Waals surface area contributed by atoms with Crippen LogP contribution < -0.4 is 0 Å². The summed E-state index contributed by atoms with van der Waals surface area (Å²) >= 11 is 2.09. The largest absolute Gasteiger partial charge is 0.357 e. The molecule has 0 saturated carbocycles. The first-order chi connectivity index (χ1) is 8.88. The van der Waals surface area contributed by atoms with E-state index in [0.717, 1.165) is 6.54 Å². The van der Waals surface area contributed by atoms with Gasteiger partial charge in [0, 0.05) is 13.1 Å². The topological polar surface area (TPSA) is 15.6 Å². The zero-order valence-electron chi connectivity index (χ0n) is 10.9. The Hall–Kier alpha value is -0.960. The third kappa shape index (κ3) is 2.28. The molecule has 0 N–H and O–H groups in total. The number of fused-ring (bicyclic) bond motifs is 1. The van der Waals surface area contributed by atoms with Gasteiger partial charge in [-0.3, -0.25) is 4.99 Å². The predicted octanol–water partition coefficient (Wildman–Crippen LogP) is 3.36. The molecule has 0 aliphatic carbocycles. The monoisotopic (exact) mass is 260 g/mol. The van der Waals surface area contributed by atoms with E-state index < -0.39 is 0 Å². The molecular weight excluding hydrogens is 240 g/mol. The molecule has 2 atom stereocenters. The Balaban J connectivity index is 1.74. The molecular formula is C15H20N2S. The van der Waals surface area contributed by atoms with E-state index in [1.165, 1.54) is 36.5 Å². The summed E-state index contributed by atoms with van der Waals surface area (Å²) in [7, 11) is 0. The smallest absolute Gasteiger partial charge is 0.113 e. The molecule has 1 aromatic carbocycles. The Morgan fingerprint density at radius 1 is 1.33 bits per heavy atom. The highest BCUT2D eigenvalue weighted by Crippen LogP contribution is 2.34. The normalized spacial score (nSPS) is 26.3. The number of rotatable bonds is 4. The molecule has 2 heterocycles. The van der Waals surface area contributed by atoms with Crippen molar-refractivity contribution in [3.63, 3.8) is 0 Å². The first-order valence-corrected chi connectivity index (χ1v) is 7.92. The maximum atomic E-state index is 4.98. The molecule has 96 valence electrons. The van der Waals surface area contributed by atoms with E-state index >= 15 is 0 Å². The maximum absolute atomic E-state index is 4.98. The molecule has 2 aliphatic rings. The van der Waals surface area contributed by atoms with Crippen molar-refractivity contribution < 1.29 is 0 Å². The molecule has 2 nitrogen and oxygen atoms in total. The van der Waals surface area contributed by atoms with Gasteiger partial charge in [-0.1, -0.05) is 37.3 Å². The number of hydrogen-bond donors (Lipinski definition) is 0. The van der Waals surface area contributed by atoms with Gasteiger partial charge < -0.3 is 4.90 Å². The fourth-order valence-corrected chi connectivity index (χ4v) is 3.90. The summed E-state index contributed by atoms with van der Waals surface area (Å²) in [6.07, 6.45) is 2.54.